The van der Waals surface area contributed by atoms with Crippen LogP contribution in [0.4, 0.5) is 25.4 Å². The van der Waals surface area contributed by atoms with E-state index in [9.17, 15) is 24.3 Å². The molecule has 5 rings (SSSR count). The molecule has 53 heavy (non-hydrogen) atoms. The molecule has 14 nitrogen and oxygen atoms in total. The number of hydrogen-bond acceptors (Lipinski definition) is 10. The zero-order valence-electron chi connectivity index (χ0n) is 30.4. The Kier molecular flexibility index (Phi) is 11.3. The number of amides is 3. The largest absolute Gasteiger partial charge is 0.480 e. The van der Waals surface area contributed by atoms with E-state index >= 15 is 4.39 Å². The lowest BCUT2D eigenvalue weighted by Gasteiger charge is -2.36. The van der Waals surface area contributed by atoms with Crippen molar-refractivity contribution >= 4 is 35.4 Å². The molecule has 1 aliphatic heterocycles. The van der Waals surface area contributed by atoms with Crippen molar-refractivity contribution in [2.24, 2.45) is 0 Å². The first-order valence-corrected chi connectivity index (χ1v) is 17.0. The lowest BCUT2D eigenvalue weighted by Crippen LogP contribution is -2.50. The molecular formula is C38H43FN6O8. The minimum absolute atomic E-state index is 0.0192. The average molecular weight is 731 g/mol. The van der Waals surface area contributed by atoms with E-state index in [2.05, 4.69) is 20.8 Å². The first-order valence-electron chi connectivity index (χ1n) is 17.0. The summed E-state index contributed by atoms with van der Waals surface area (Å²) in [5.74, 6) is -2.49. The van der Waals surface area contributed by atoms with Gasteiger partial charge in [0.1, 0.15) is 23.1 Å². The molecule has 3 N–H and O–H groups in total. The molecule has 0 saturated carbocycles. The van der Waals surface area contributed by atoms with Crippen LogP contribution in [-0.4, -0.2) is 87.6 Å². The first kappa shape index (κ1) is 38.2. The van der Waals surface area contributed by atoms with E-state index in [-0.39, 0.29) is 35.4 Å². The van der Waals surface area contributed by atoms with Crippen molar-refractivity contribution in [3.63, 3.8) is 0 Å². The van der Waals surface area contributed by atoms with Crippen molar-refractivity contribution in [3.05, 3.63) is 83.7 Å². The number of hydrogen-bond donors (Lipinski definition) is 3. The summed E-state index contributed by atoms with van der Waals surface area (Å²) in [7, 11) is 0. The fraction of sp³-hybridized carbons (Fsp3) is 0.368. The van der Waals surface area contributed by atoms with E-state index in [1.54, 1.807) is 68.1 Å². The van der Waals surface area contributed by atoms with E-state index in [0.29, 0.717) is 43.0 Å². The van der Waals surface area contributed by atoms with Crippen LogP contribution in [0.1, 0.15) is 57.5 Å². The molecule has 1 saturated heterocycles. The number of rotatable bonds is 9. The maximum atomic E-state index is 15.3. The zero-order chi connectivity index (χ0) is 38.5. The Hall–Kier alpha value is -5.99. The summed E-state index contributed by atoms with van der Waals surface area (Å²) in [5, 5.41) is 19.0. The van der Waals surface area contributed by atoms with Gasteiger partial charge >= 0.3 is 18.2 Å². The molecule has 0 aliphatic carbocycles. The number of carboxylic acids is 1. The van der Waals surface area contributed by atoms with Crippen molar-refractivity contribution in [2.75, 3.05) is 36.4 Å². The van der Waals surface area contributed by atoms with Gasteiger partial charge in [0.2, 0.25) is 5.82 Å². The van der Waals surface area contributed by atoms with Crippen LogP contribution >= 0.6 is 0 Å². The summed E-state index contributed by atoms with van der Waals surface area (Å²) >= 11 is 0. The van der Waals surface area contributed by atoms with Gasteiger partial charge in [-0.15, -0.1) is 0 Å². The van der Waals surface area contributed by atoms with Crippen molar-refractivity contribution in [1.82, 2.24) is 20.4 Å². The summed E-state index contributed by atoms with van der Waals surface area (Å²) in [4.78, 5) is 57.8. The third-order valence-electron chi connectivity index (χ3n) is 7.93. The van der Waals surface area contributed by atoms with Gasteiger partial charge in [0.15, 0.2) is 0 Å². The highest BCUT2D eigenvalue weighted by Gasteiger charge is 2.27. The Bertz CT molecular complexity index is 1960. The number of aromatic nitrogens is 2. The molecule has 1 atom stereocenters. The number of carbonyl (C=O) groups is 4. The van der Waals surface area contributed by atoms with Crippen LogP contribution in [0.5, 0.6) is 0 Å². The van der Waals surface area contributed by atoms with Gasteiger partial charge in [-0.2, -0.15) is 4.98 Å². The topological polar surface area (TPSA) is 176 Å². The van der Waals surface area contributed by atoms with Crippen molar-refractivity contribution < 1.29 is 42.7 Å². The van der Waals surface area contributed by atoms with Gasteiger partial charge in [0.25, 0.3) is 11.8 Å². The molecule has 1 unspecified atom stereocenters. The summed E-state index contributed by atoms with van der Waals surface area (Å²) < 4.78 is 31.4. The van der Waals surface area contributed by atoms with E-state index in [4.69, 9.17) is 14.0 Å². The zero-order valence-corrected chi connectivity index (χ0v) is 30.4. The standard InChI is InChI=1S/C38H43FN6O8/c1-37(2,3)51-35(49)40-26-13-11-24(12-14-26)33-42-31(43-53-33)28-15-10-23(20-29(28)39)21-30(34(47)48)41-32(46)25-8-7-9-27(22-25)44-16-18-45(19-17-44)36(50)52-38(4,5)6/h7-15,20,22,30H,16-19,21H2,1-6H3,(H,40,49)(H,41,46)(H,47,48). The highest BCUT2D eigenvalue weighted by Crippen LogP contribution is 2.27. The second kappa shape index (κ2) is 15.7. The Balaban J connectivity index is 1.19. The molecule has 1 aromatic heterocycles. The number of nitrogens with zero attached hydrogens (tertiary/aromatic N) is 4. The number of anilines is 2. The quantitative estimate of drug-likeness (QED) is 0.174. The minimum atomic E-state index is -1.35. The van der Waals surface area contributed by atoms with Crippen LogP contribution in [0.3, 0.4) is 0 Å². The van der Waals surface area contributed by atoms with Crippen molar-refractivity contribution in [3.8, 4) is 22.8 Å². The van der Waals surface area contributed by atoms with Gasteiger partial charge in [-0.25, -0.2) is 18.8 Å². The Labute approximate surface area is 306 Å². The first-order chi connectivity index (χ1) is 24.9. The van der Waals surface area contributed by atoms with E-state index < -0.39 is 41.0 Å². The number of halogens is 1. The SMILES string of the molecule is CC(C)(C)OC(=O)Nc1ccc(-c2nc(-c3ccc(CC(NC(=O)c4cccc(N5CCN(C(=O)OC(C)(C)C)CC5)c4)C(=O)O)cc3F)no2)cc1. The number of nitrogens with one attached hydrogen (secondary N) is 2. The number of carbonyl (C=O) groups excluding carboxylic acids is 3. The fourth-order valence-electron chi connectivity index (χ4n) is 5.43. The second-order valence-corrected chi connectivity index (χ2v) is 14.5. The molecule has 0 bridgehead atoms. The second-order valence-electron chi connectivity index (χ2n) is 14.5. The fourth-order valence-corrected chi connectivity index (χ4v) is 5.43. The van der Waals surface area contributed by atoms with Gasteiger partial charge < -0.3 is 34.2 Å². The van der Waals surface area contributed by atoms with Crippen LogP contribution in [0.25, 0.3) is 22.8 Å². The number of piperazine rings is 1. The molecular weight excluding hydrogens is 687 g/mol. The molecule has 1 fully saturated rings. The van der Waals surface area contributed by atoms with E-state index in [1.165, 1.54) is 18.2 Å². The monoisotopic (exact) mass is 730 g/mol. The summed E-state index contributed by atoms with van der Waals surface area (Å²) in [6.07, 6.45) is -1.17. The number of carboxylic acid groups (broad SMARTS) is 1. The minimum Gasteiger partial charge on any atom is -0.480 e. The average Bonchev–Trinajstić information content (AvgIpc) is 3.57. The molecule has 3 aromatic carbocycles. The third-order valence-corrected chi connectivity index (χ3v) is 7.93. The van der Waals surface area contributed by atoms with E-state index in [1.807, 2.05) is 31.7 Å². The molecule has 2 heterocycles. The van der Waals surface area contributed by atoms with Crippen LogP contribution in [-0.2, 0) is 20.7 Å². The molecule has 280 valence electrons. The lowest BCUT2D eigenvalue weighted by molar-refractivity contribution is -0.139. The number of ether oxygens (including phenoxy) is 2. The van der Waals surface area contributed by atoms with Gasteiger partial charge in [-0.1, -0.05) is 17.3 Å². The molecule has 3 amide bonds. The normalized spacial score (nSPS) is 13.9. The number of aliphatic carboxylic acids is 1. The molecule has 1 aliphatic rings. The highest BCUT2D eigenvalue weighted by atomic mass is 19.1. The van der Waals surface area contributed by atoms with Crippen LogP contribution < -0.4 is 15.5 Å². The van der Waals surface area contributed by atoms with Crippen LogP contribution in [0.2, 0.25) is 0 Å². The van der Waals surface area contributed by atoms with Gasteiger partial charge in [-0.3, -0.25) is 10.1 Å². The molecule has 0 radical (unpaired) electrons. The Morgan fingerprint density at radius 3 is 2.21 bits per heavy atom. The number of benzene rings is 3. The van der Waals surface area contributed by atoms with E-state index in [0.717, 1.165) is 5.69 Å². The summed E-state index contributed by atoms with van der Waals surface area (Å²) in [6, 6.07) is 16.1. The summed E-state index contributed by atoms with van der Waals surface area (Å²) in [5.41, 5.74) is 1.14. The Morgan fingerprint density at radius 1 is 0.906 bits per heavy atom. The third kappa shape index (κ3) is 10.5. The molecule has 15 heteroatoms. The predicted octanol–water partition coefficient (Wildman–Crippen LogP) is 6.37. The van der Waals surface area contributed by atoms with Crippen LogP contribution in [0, 0.1) is 5.82 Å². The molecule has 4 aromatic rings. The van der Waals surface area contributed by atoms with Gasteiger partial charge in [0.05, 0.1) is 5.56 Å². The van der Waals surface area contributed by atoms with Crippen molar-refractivity contribution in [1.29, 1.82) is 0 Å². The Morgan fingerprint density at radius 2 is 1.58 bits per heavy atom. The molecule has 0 spiro atoms. The predicted molar refractivity (Wildman–Crippen MR) is 194 cm³/mol. The maximum absolute atomic E-state index is 15.3. The summed E-state index contributed by atoms with van der Waals surface area (Å²) in [6.45, 7) is 12.7. The lowest BCUT2D eigenvalue weighted by atomic mass is 10.0. The van der Waals surface area contributed by atoms with Gasteiger partial charge in [-0.05, 0) is 102 Å². The van der Waals surface area contributed by atoms with Gasteiger partial charge in [0, 0.05) is 55.1 Å². The smallest absolute Gasteiger partial charge is 0.412 e. The van der Waals surface area contributed by atoms with Crippen molar-refractivity contribution in [2.45, 2.75) is 65.2 Å². The van der Waals surface area contributed by atoms with Crippen LogP contribution in [0.15, 0.2) is 71.3 Å². The highest BCUT2D eigenvalue weighted by molar-refractivity contribution is 5.97. The maximum Gasteiger partial charge on any atom is 0.412 e.